The van der Waals surface area contributed by atoms with Crippen molar-refractivity contribution in [2.75, 3.05) is 11.9 Å². The fraction of sp³-hybridized carbons (Fsp3) is 0.188. The number of amidine groups is 1. The van der Waals surface area contributed by atoms with Crippen LogP contribution in [0.2, 0.25) is 0 Å². The summed E-state index contributed by atoms with van der Waals surface area (Å²) >= 11 is 0. The van der Waals surface area contributed by atoms with Gasteiger partial charge in [0.05, 0.1) is 0 Å². The number of para-hydroxylation sites is 1. The number of benzene rings is 2. The summed E-state index contributed by atoms with van der Waals surface area (Å²) in [5.41, 5.74) is 9.88. The van der Waals surface area contributed by atoms with E-state index in [1.165, 1.54) is 11.3 Å². The van der Waals surface area contributed by atoms with E-state index in [0.717, 1.165) is 17.7 Å². The molecule has 2 aromatic rings. The van der Waals surface area contributed by atoms with E-state index in [2.05, 4.69) is 31.0 Å². The first-order valence-electron chi connectivity index (χ1n) is 6.28. The van der Waals surface area contributed by atoms with Gasteiger partial charge in [-0.25, -0.2) is 0 Å². The van der Waals surface area contributed by atoms with Gasteiger partial charge < -0.3 is 10.6 Å². The number of hydrogen-bond acceptors (Lipinski definition) is 2. The molecular formula is C16H19N3. The number of anilines is 1. The molecule has 0 atom stereocenters. The average Bonchev–Trinajstić information content (AvgIpc) is 2.41. The molecule has 0 spiro atoms. The molecule has 98 valence electrons. The van der Waals surface area contributed by atoms with Gasteiger partial charge in [-0.05, 0) is 36.2 Å². The molecule has 0 aromatic heterocycles. The van der Waals surface area contributed by atoms with E-state index in [9.17, 15) is 0 Å². The highest BCUT2D eigenvalue weighted by Crippen LogP contribution is 2.17. The first-order chi connectivity index (χ1) is 9.08. The van der Waals surface area contributed by atoms with Crippen LogP contribution in [-0.2, 0) is 6.54 Å². The maximum atomic E-state index is 7.45. The van der Waals surface area contributed by atoms with Gasteiger partial charge in [-0.2, -0.15) is 0 Å². The van der Waals surface area contributed by atoms with Crippen LogP contribution in [-0.4, -0.2) is 12.9 Å². The Bertz CT molecular complexity index is 576. The van der Waals surface area contributed by atoms with E-state index in [1.807, 2.05) is 36.4 Å². The smallest absolute Gasteiger partial charge is 0.122 e. The Morgan fingerprint density at radius 3 is 2.42 bits per heavy atom. The van der Waals surface area contributed by atoms with Crippen molar-refractivity contribution < 1.29 is 0 Å². The van der Waals surface area contributed by atoms with Crippen LogP contribution in [0.3, 0.4) is 0 Å². The SMILES string of the molecule is Cc1cc(C(=N)N)ccc1CN(C)c1ccccc1. The van der Waals surface area contributed by atoms with Gasteiger partial charge in [0.25, 0.3) is 0 Å². The molecule has 0 aliphatic rings. The third-order valence-electron chi connectivity index (χ3n) is 3.26. The van der Waals surface area contributed by atoms with Crippen molar-refractivity contribution in [1.29, 1.82) is 5.41 Å². The Morgan fingerprint density at radius 1 is 1.16 bits per heavy atom. The largest absolute Gasteiger partial charge is 0.384 e. The van der Waals surface area contributed by atoms with Crippen LogP contribution in [0.5, 0.6) is 0 Å². The molecule has 0 aliphatic heterocycles. The summed E-state index contributed by atoms with van der Waals surface area (Å²) in [7, 11) is 2.08. The Labute approximate surface area is 114 Å². The van der Waals surface area contributed by atoms with E-state index >= 15 is 0 Å². The summed E-state index contributed by atoms with van der Waals surface area (Å²) < 4.78 is 0. The van der Waals surface area contributed by atoms with Crippen molar-refractivity contribution in [3.05, 3.63) is 65.2 Å². The summed E-state index contributed by atoms with van der Waals surface area (Å²) in [4.78, 5) is 2.20. The van der Waals surface area contributed by atoms with Crippen LogP contribution in [0.15, 0.2) is 48.5 Å². The molecular weight excluding hydrogens is 234 g/mol. The van der Waals surface area contributed by atoms with E-state index in [1.54, 1.807) is 0 Å². The number of nitrogens with two attached hydrogens (primary N) is 1. The van der Waals surface area contributed by atoms with Crippen LogP contribution in [0.1, 0.15) is 16.7 Å². The lowest BCUT2D eigenvalue weighted by Crippen LogP contribution is -2.17. The lowest BCUT2D eigenvalue weighted by molar-refractivity contribution is 0.914. The van der Waals surface area contributed by atoms with Crippen LogP contribution < -0.4 is 10.6 Å². The van der Waals surface area contributed by atoms with Crippen molar-refractivity contribution in [2.45, 2.75) is 13.5 Å². The average molecular weight is 253 g/mol. The van der Waals surface area contributed by atoms with Crippen molar-refractivity contribution in [3.8, 4) is 0 Å². The molecule has 0 aliphatic carbocycles. The molecule has 0 saturated heterocycles. The van der Waals surface area contributed by atoms with E-state index in [-0.39, 0.29) is 5.84 Å². The number of hydrogen-bond donors (Lipinski definition) is 2. The standard InChI is InChI=1S/C16H19N3/c1-12-10-13(16(17)18)8-9-14(12)11-19(2)15-6-4-3-5-7-15/h3-10H,11H2,1-2H3,(H3,17,18). The van der Waals surface area contributed by atoms with Gasteiger partial charge in [0.1, 0.15) is 5.84 Å². The molecule has 0 amide bonds. The van der Waals surface area contributed by atoms with Gasteiger partial charge in [-0.3, -0.25) is 5.41 Å². The lowest BCUT2D eigenvalue weighted by Gasteiger charge is -2.20. The van der Waals surface area contributed by atoms with Crippen molar-refractivity contribution >= 4 is 11.5 Å². The Balaban J connectivity index is 2.18. The summed E-state index contributed by atoms with van der Waals surface area (Å²) in [5.74, 6) is 0.117. The Hall–Kier alpha value is -2.29. The third-order valence-corrected chi connectivity index (χ3v) is 3.26. The van der Waals surface area contributed by atoms with E-state index in [4.69, 9.17) is 11.1 Å². The van der Waals surface area contributed by atoms with Gasteiger partial charge in [0.15, 0.2) is 0 Å². The maximum absolute atomic E-state index is 7.45. The van der Waals surface area contributed by atoms with Crippen molar-refractivity contribution in [2.24, 2.45) is 5.73 Å². The molecule has 3 N–H and O–H groups in total. The first-order valence-corrected chi connectivity index (χ1v) is 6.28. The van der Waals surface area contributed by atoms with Gasteiger partial charge in [0, 0.05) is 24.8 Å². The van der Waals surface area contributed by atoms with Gasteiger partial charge >= 0.3 is 0 Å². The van der Waals surface area contributed by atoms with Gasteiger partial charge in [-0.15, -0.1) is 0 Å². The molecule has 19 heavy (non-hydrogen) atoms. The highest BCUT2D eigenvalue weighted by molar-refractivity contribution is 5.95. The van der Waals surface area contributed by atoms with Crippen LogP contribution in [0.4, 0.5) is 5.69 Å². The summed E-state index contributed by atoms with van der Waals surface area (Å²) in [6, 6.07) is 16.2. The molecule has 2 aromatic carbocycles. The normalized spacial score (nSPS) is 10.2. The molecule has 0 heterocycles. The minimum absolute atomic E-state index is 0.117. The minimum atomic E-state index is 0.117. The molecule has 3 nitrogen and oxygen atoms in total. The van der Waals surface area contributed by atoms with Crippen molar-refractivity contribution in [3.63, 3.8) is 0 Å². The van der Waals surface area contributed by atoms with Crippen LogP contribution >= 0.6 is 0 Å². The molecule has 0 fully saturated rings. The van der Waals surface area contributed by atoms with Crippen molar-refractivity contribution in [1.82, 2.24) is 0 Å². The van der Waals surface area contributed by atoms with Crippen LogP contribution in [0.25, 0.3) is 0 Å². The van der Waals surface area contributed by atoms with Crippen LogP contribution in [0, 0.1) is 12.3 Å². The Morgan fingerprint density at radius 2 is 1.84 bits per heavy atom. The number of aryl methyl sites for hydroxylation is 1. The number of nitrogens with zero attached hydrogens (tertiary/aromatic N) is 1. The first kappa shape index (κ1) is 13.1. The second-order valence-corrected chi connectivity index (χ2v) is 4.75. The maximum Gasteiger partial charge on any atom is 0.122 e. The molecule has 0 bridgehead atoms. The molecule has 3 heteroatoms. The Kier molecular flexibility index (Phi) is 3.85. The zero-order chi connectivity index (χ0) is 13.8. The van der Waals surface area contributed by atoms with Gasteiger partial charge in [0.2, 0.25) is 0 Å². The summed E-state index contributed by atoms with van der Waals surface area (Å²) in [5, 5.41) is 7.45. The highest BCUT2D eigenvalue weighted by atomic mass is 15.1. The predicted octanol–water partition coefficient (Wildman–Crippen LogP) is 2.92. The zero-order valence-corrected chi connectivity index (χ0v) is 11.4. The third kappa shape index (κ3) is 3.13. The molecule has 0 saturated carbocycles. The number of rotatable bonds is 4. The predicted molar refractivity (Wildman–Crippen MR) is 80.7 cm³/mol. The molecule has 0 radical (unpaired) electrons. The quantitative estimate of drug-likeness (QED) is 0.650. The zero-order valence-electron chi connectivity index (χ0n) is 11.4. The highest BCUT2D eigenvalue weighted by Gasteiger charge is 2.06. The van der Waals surface area contributed by atoms with E-state index in [0.29, 0.717) is 0 Å². The second-order valence-electron chi connectivity index (χ2n) is 4.75. The topological polar surface area (TPSA) is 53.1 Å². The number of nitrogens with one attached hydrogen (secondary N) is 1. The van der Waals surface area contributed by atoms with Gasteiger partial charge in [-0.1, -0.05) is 30.3 Å². The summed E-state index contributed by atoms with van der Waals surface area (Å²) in [6.07, 6.45) is 0. The fourth-order valence-electron chi connectivity index (χ4n) is 2.07. The summed E-state index contributed by atoms with van der Waals surface area (Å²) in [6.45, 7) is 2.90. The molecule has 0 unspecified atom stereocenters. The monoisotopic (exact) mass is 253 g/mol. The molecule has 2 rings (SSSR count). The van der Waals surface area contributed by atoms with E-state index < -0.39 is 0 Å². The number of nitrogen functional groups attached to an aromatic ring is 1. The minimum Gasteiger partial charge on any atom is -0.384 e. The lowest BCUT2D eigenvalue weighted by atomic mass is 10.0. The second kappa shape index (κ2) is 5.57. The fourth-order valence-corrected chi connectivity index (χ4v) is 2.07.